The smallest absolute Gasteiger partial charge is 0.321 e. The van der Waals surface area contributed by atoms with E-state index in [1.807, 2.05) is 12.1 Å². The van der Waals surface area contributed by atoms with Gasteiger partial charge in [0.05, 0.1) is 17.3 Å². The number of nitriles is 1. The van der Waals surface area contributed by atoms with Gasteiger partial charge in [0.1, 0.15) is 5.82 Å². The third-order valence-electron chi connectivity index (χ3n) is 2.99. The van der Waals surface area contributed by atoms with E-state index in [9.17, 15) is 9.18 Å². The lowest BCUT2D eigenvalue weighted by molar-refractivity contribution is 0.220. The molecule has 0 saturated heterocycles. The first-order valence-corrected chi connectivity index (χ1v) is 6.83. The molecule has 0 atom stereocenters. The molecule has 4 nitrogen and oxygen atoms in total. The highest BCUT2D eigenvalue weighted by Crippen LogP contribution is 2.20. The van der Waals surface area contributed by atoms with Crippen LogP contribution in [0.5, 0.6) is 0 Å². The van der Waals surface area contributed by atoms with Crippen LogP contribution in [0.2, 0.25) is 5.02 Å². The van der Waals surface area contributed by atoms with E-state index in [-0.39, 0.29) is 5.69 Å². The van der Waals surface area contributed by atoms with E-state index in [0.717, 1.165) is 5.56 Å². The minimum atomic E-state index is -0.558. The Hall–Kier alpha value is -2.58. The summed E-state index contributed by atoms with van der Waals surface area (Å²) < 4.78 is 13.6. The number of urea groups is 1. The van der Waals surface area contributed by atoms with Crippen molar-refractivity contribution in [2.75, 3.05) is 12.4 Å². The molecule has 0 spiro atoms. The van der Waals surface area contributed by atoms with Crippen LogP contribution in [-0.4, -0.2) is 18.0 Å². The van der Waals surface area contributed by atoms with Gasteiger partial charge in [0, 0.05) is 18.6 Å². The van der Waals surface area contributed by atoms with Crippen molar-refractivity contribution in [1.82, 2.24) is 4.90 Å². The summed E-state index contributed by atoms with van der Waals surface area (Å²) in [6, 6.07) is 12.5. The fourth-order valence-electron chi connectivity index (χ4n) is 1.89. The molecule has 0 unspecified atom stereocenters. The lowest BCUT2D eigenvalue weighted by Crippen LogP contribution is -2.31. The fraction of sp³-hybridized carbons (Fsp3) is 0.125. The highest BCUT2D eigenvalue weighted by molar-refractivity contribution is 6.30. The summed E-state index contributed by atoms with van der Waals surface area (Å²) in [4.78, 5) is 13.5. The number of carbonyl (C=O) groups excluding carboxylic acids is 1. The van der Waals surface area contributed by atoms with E-state index in [0.29, 0.717) is 17.1 Å². The van der Waals surface area contributed by atoms with E-state index in [4.69, 9.17) is 16.9 Å². The Morgan fingerprint density at radius 1 is 1.36 bits per heavy atom. The average Bonchev–Trinajstić information content (AvgIpc) is 2.51. The van der Waals surface area contributed by atoms with E-state index in [1.165, 1.54) is 23.1 Å². The lowest BCUT2D eigenvalue weighted by atomic mass is 10.1. The average molecular weight is 318 g/mol. The normalized spacial score (nSPS) is 9.91. The summed E-state index contributed by atoms with van der Waals surface area (Å²) in [5.41, 5.74) is 1.35. The van der Waals surface area contributed by atoms with Crippen molar-refractivity contribution in [3.63, 3.8) is 0 Å². The van der Waals surface area contributed by atoms with E-state index in [1.54, 1.807) is 25.2 Å². The van der Waals surface area contributed by atoms with Gasteiger partial charge in [0.2, 0.25) is 0 Å². The quantitative estimate of drug-likeness (QED) is 0.929. The SMILES string of the molecule is CN(Cc1cccc(C#N)c1)C(=O)Nc1cc(Cl)ccc1F. The largest absolute Gasteiger partial charge is 0.323 e. The van der Waals surface area contributed by atoms with Crippen LogP contribution in [0, 0.1) is 17.1 Å². The molecule has 0 saturated carbocycles. The molecule has 2 amide bonds. The Balaban J connectivity index is 2.06. The van der Waals surface area contributed by atoms with Crippen LogP contribution in [0.25, 0.3) is 0 Å². The predicted octanol–water partition coefficient (Wildman–Crippen LogP) is 4.01. The second kappa shape index (κ2) is 6.92. The third kappa shape index (κ3) is 3.96. The Bertz CT molecular complexity index is 742. The molecular formula is C16H13ClFN3O. The van der Waals surface area contributed by atoms with Gasteiger partial charge in [0.25, 0.3) is 0 Å². The number of nitrogens with zero attached hydrogens (tertiary/aromatic N) is 2. The molecule has 1 N–H and O–H groups in total. The molecule has 0 bridgehead atoms. The van der Waals surface area contributed by atoms with Crippen molar-refractivity contribution in [3.05, 3.63) is 64.4 Å². The first-order valence-electron chi connectivity index (χ1n) is 6.46. The van der Waals surface area contributed by atoms with Gasteiger partial charge >= 0.3 is 6.03 Å². The van der Waals surface area contributed by atoms with Gasteiger partial charge in [-0.15, -0.1) is 0 Å². The lowest BCUT2D eigenvalue weighted by Gasteiger charge is -2.18. The van der Waals surface area contributed by atoms with Crippen molar-refractivity contribution < 1.29 is 9.18 Å². The summed E-state index contributed by atoms with van der Waals surface area (Å²) in [7, 11) is 1.58. The van der Waals surface area contributed by atoms with Gasteiger partial charge in [-0.2, -0.15) is 5.26 Å². The van der Waals surface area contributed by atoms with Crippen LogP contribution in [0.1, 0.15) is 11.1 Å². The van der Waals surface area contributed by atoms with Gasteiger partial charge in [-0.05, 0) is 35.9 Å². The number of nitrogens with one attached hydrogen (secondary N) is 1. The summed E-state index contributed by atoms with van der Waals surface area (Å²) in [5, 5.41) is 11.7. The van der Waals surface area contributed by atoms with E-state index >= 15 is 0 Å². The first kappa shape index (κ1) is 15.8. The predicted molar refractivity (Wildman–Crippen MR) is 83.1 cm³/mol. The molecule has 0 aliphatic rings. The Morgan fingerprint density at radius 3 is 2.86 bits per heavy atom. The minimum absolute atomic E-state index is 0.0233. The van der Waals surface area contributed by atoms with Crippen molar-refractivity contribution >= 4 is 23.3 Å². The second-order valence-electron chi connectivity index (χ2n) is 4.72. The molecule has 0 aliphatic carbocycles. The molecule has 0 radical (unpaired) electrons. The summed E-state index contributed by atoms with van der Waals surface area (Å²) >= 11 is 5.78. The first-order chi connectivity index (χ1) is 10.5. The number of rotatable bonds is 3. The Kier molecular flexibility index (Phi) is 4.97. The second-order valence-corrected chi connectivity index (χ2v) is 5.16. The molecule has 0 aliphatic heterocycles. The molecule has 0 aromatic heterocycles. The van der Waals surface area contributed by atoms with E-state index < -0.39 is 11.8 Å². The van der Waals surface area contributed by atoms with Crippen molar-refractivity contribution in [2.24, 2.45) is 0 Å². The van der Waals surface area contributed by atoms with Crippen LogP contribution < -0.4 is 5.32 Å². The monoisotopic (exact) mass is 317 g/mol. The highest BCUT2D eigenvalue weighted by atomic mass is 35.5. The molecule has 2 rings (SSSR count). The minimum Gasteiger partial charge on any atom is -0.323 e. The molecule has 2 aromatic carbocycles. The molecule has 0 heterocycles. The fourth-order valence-corrected chi connectivity index (χ4v) is 2.06. The molecule has 112 valence electrons. The zero-order chi connectivity index (χ0) is 16.1. The number of amides is 2. The number of carbonyl (C=O) groups is 1. The summed E-state index contributed by atoms with van der Waals surface area (Å²) in [5.74, 6) is -0.558. The maximum Gasteiger partial charge on any atom is 0.321 e. The van der Waals surface area contributed by atoms with Crippen LogP contribution in [0.3, 0.4) is 0 Å². The summed E-state index contributed by atoms with van der Waals surface area (Å²) in [6.45, 7) is 0.295. The van der Waals surface area contributed by atoms with Gasteiger partial charge < -0.3 is 10.2 Å². The zero-order valence-corrected chi connectivity index (χ0v) is 12.6. The summed E-state index contributed by atoms with van der Waals surface area (Å²) in [6.07, 6.45) is 0. The molecule has 6 heteroatoms. The van der Waals surface area contributed by atoms with Gasteiger partial charge in [0.15, 0.2) is 0 Å². The van der Waals surface area contributed by atoms with Gasteiger partial charge in [-0.1, -0.05) is 23.7 Å². The van der Waals surface area contributed by atoms with E-state index in [2.05, 4.69) is 5.32 Å². The Labute approximate surface area is 132 Å². The van der Waals surface area contributed by atoms with Crippen LogP contribution in [-0.2, 0) is 6.54 Å². The van der Waals surface area contributed by atoms with Crippen molar-refractivity contribution in [2.45, 2.75) is 6.54 Å². The zero-order valence-electron chi connectivity index (χ0n) is 11.8. The molecular weight excluding hydrogens is 305 g/mol. The standard InChI is InChI=1S/C16H13ClFN3O/c1-21(10-12-4-2-3-11(7-12)9-19)16(22)20-15-8-13(17)5-6-14(15)18/h2-8H,10H2,1H3,(H,20,22). The number of benzene rings is 2. The molecule has 22 heavy (non-hydrogen) atoms. The van der Waals surface area contributed by atoms with Crippen molar-refractivity contribution in [1.29, 1.82) is 5.26 Å². The number of halogens is 2. The van der Waals surface area contributed by atoms with Crippen molar-refractivity contribution in [3.8, 4) is 6.07 Å². The maximum atomic E-state index is 13.6. The van der Waals surface area contributed by atoms with Crippen LogP contribution >= 0.6 is 11.6 Å². The molecule has 2 aromatic rings. The highest BCUT2D eigenvalue weighted by Gasteiger charge is 2.12. The number of hydrogen-bond acceptors (Lipinski definition) is 2. The maximum absolute atomic E-state index is 13.6. The topological polar surface area (TPSA) is 56.1 Å². The van der Waals surface area contributed by atoms with Crippen LogP contribution in [0.15, 0.2) is 42.5 Å². The van der Waals surface area contributed by atoms with Gasteiger partial charge in [-0.3, -0.25) is 0 Å². The third-order valence-corrected chi connectivity index (χ3v) is 3.23. The Morgan fingerprint density at radius 2 is 2.14 bits per heavy atom. The van der Waals surface area contributed by atoms with Crippen LogP contribution in [0.4, 0.5) is 14.9 Å². The number of hydrogen-bond donors (Lipinski definition) is 1. The number of anilines is 1. The van der Waals surface area contributed by atoms with Gasteiger partial charge in [-0.25, -0.2) is 9.18 Å². The molecule has 0 fully saturated rings.